The van der Waals surface area contributed by atoms with E-state index in [0.29, 0.717) is 17.0 Å². The average molecular weight is 356 g/mol. The van der Waals surface area contributed by atoms with Gasteiger partial charge in [-0.25, -0.2) is 8.42 Å². The second-order valence-electron chi connectivity index (χ2n) is 4.30. The van der Waals surface area contributed by atoms with Crippen molar-refractivity contribution in [3.63, 3.8) is 0 Å². The molecule has 0 fully saturated rings. The first-order chi connectivity index (χ1) is 9.42. The zero-order chi connectivity index (χ0) is 14.8. The van der Waals surface area contributed by atoms with Gasteiger partial charge in [-0.3, -0.25) is 0 Å². The Kier molecular flexibility index (Phi) is 4.35. The number of hydrogen-bond donors (Lipinski definition) is 1. The fraction of sp³-hybridized carbons (Fsp3) is 0.143. The van der Waals surface area contributed by atoms with Gasteiger partial charge in [0.15, 0.2) is 9.84 Å². The van der Waals surface area contributed by atoms with Gasteiger partial charge in [-0.2, -0.15) is 0 Å². The maximum atomic E-state index is 12.3. The Morgan fingerprint density at radius 2 is 1.95 bits per heavy atom. The first-order valence-electron chi connectivity index (χ1n) is 5.83. The molecular weight excluding hydrogens is 342 g/mol. The van der Waals surface area contributed by atoms with Crippen LogP contribution < -0.4 is 10.5 Å². The molecular formula is C14H14BrNO3S. The van der Waals surface area contributed by atoms with Crippen LogP contribution in [-0.4, -0.2) is 15.5 Å². The Balaban J connectivity index is 2.31. The first-order valence-corrected chi connectivity index (χ1v) is 8.27. The molecule has 0 heterocycles. The standard InChI is InChI=1S/C14H14BrNO3S/c1-19-14-6-5-10(7-13(14)15)9-20(17,18)12-4-2-3-11(16)8-12/h2-8H,9,16H2,1H3. The van der Waals surface area contributed by atoms with E-state index in [-0.39, 0.29) is 10.6 Å². The Morgan fingerprint density at radius 3 is 2.55 bits per heavy atom. The van der Waals surface area contributed by atoms with Crippen LogP contribution in [0.5, 0.6) is 5.75 Å². The SMILES string of the molecule is COc1ccc(CS(=O)(=O)c2cccc(N)c2)cc1Br. The second-order valence-corrected chi connectivity index (χ2v) is 7.14. The summed E-state index contributed by atoms with van der Waals surface area (Å²) in [6.45, 7) is 0. The van der Waals surface area contributed by atoms with Crippen molar-refractivity contribution < 1.29 is 13.2 Å². The largest absolute Gasteiger partial charge is 0.496 e. The van der Waals surface area contributed by atoms with Crippen LogP contribution in [0.15, 0.2) is 51.8 Å². The summed E-state index contributed by atoms with van der Waals surface area (Å²) in [5.74, 6) is 0.578. The van der Waals surface area contributed by atoms with Gasteiger partial charge in [0.05, 0.1) is 22.2 Å². The van der Waals surface area contributed by atoms with E-state index >= 15 is 0 Å². The van der Waals surface area contributed by atoms with Crippen molar-refractivity contribution in [1.82, 2.24) is 0 Å². The molecule has 0 atom stereocenters. The number of halogens is 1. The Hall–Kier alpha value is -1.53. The molecule has 0 saturated heterocycles. The van der Waals surface area contributed by atoms with Gasteiger partial charge in [0, 0.05) is 5.69 Å². The smallest absolute Gasteiger partial charge is 0.182 e. The topological polar surface area (TPSA) is 69.4 Å². The molecule has 0 aromatic heterocycles. The summed E-state index contributed by atoms with van der Waals surface area (Å²) in [7, 11) is -1.86. The molecule has 2 N–H and O–H groups in total. The number of benzene rings is 2. The van der Waals surface area contributed by atoms with Crippen molar-refractivity contribution >= 4 is 31.5 Å². The highest BCUT2D eigenvalue weighted by molar-refractivity contribution is 9.10. The molecule has 0 aliphatic carbocycles. The molecule has 0 radical (unpaired) electrons. The third kappa shape index (κ3) is 3.32. The highest BCUT2D eigenvalue weighted by Crippen LogP contribution is 2.27. The monoisotopic (exact) mass is 355 g/mol. The molecule has 6 heteroatoms. The zero-order valence-electron chi connectivity index (χ0n) is 10.8. The molecule has 4 nitrogen and oxygen atoms in total. The molecule has 0 bridgehead atoms. The average Bonchev–Trinajstić information content (AvgIpc) is 2.38. The third-order valence-electron chi connectivity index (χ3n) is 2.79. The molecule has 0 amide bonds. The molecule has 2 aromatic rings. The van der Waals surface area contributed by atoms with Gasteiger partial charge in [-0.15, -0.1) is 0 Å². The Bertz CT molecular complexity index is 729. The molecule has 0 unspecified atom stereocenters. The minimum Gasteiger partial charge on any atom is -0.496 e. The summed E-state index contributed by atoms with van der Waals surface area (Å²) in [5, 5.41) is 0. The number of nitrogens with two attached hydrogens (primary N) is 1. The van der Waals surface area contributed by atoms with E-state index in [1.165, 1.54) is 6.07 Å². The van der Waals surface area contributed by atoms with Crippen molar-refractivity contribution in [1.29, 1.82) is 0 Å². The number of methoxy groups -OCH3 is 1. The molecule has 0 saturated carbocycles. The van der Waals surface area contributed by atoms with Gasteiger partial charge in [0.1, 0.15) is 5.75 Å². The number of nitrogen functional groups attached to an aromatic ring is 1. The molecule has 20 heavy (non-hydrogen) atoms. The molecule has 0 aliphatic heterocycles. The fourth-order valence-electron chi connectivity index (χ4n) is 1.81. The summed E-state index contributed by atoms with van der Waals surface area (Å²) < 4.78 is 30.5. The Morgan fingerprint density at radius 1 is 1.20 bits per heavy atom. The van der Waals surface area contributed by atoms with E-state index in [4.69, 9.17) is 10.5 Å². The van der Waals surface area contributed by atoms with Crippen LogP contribution in [0.25, 0.3) is 0 Å². The highest BCUT2D eigenvalue weighted by atomic mass is 79.9. The third-order valence-corrected chi connectivity index (χ3v) is 5.10. The van der Waals surface area contributed by atoms with E-state index in [1.54, 1.807) is 43.5 Å². The van der Waals surface area contributed by atoms with E-state index in [2.05, 4.69) is 15.9 Å². The van der Waals surface area contributed by atoms with Crippen molar-refractivity contribution in [2.75, 3.05) is 12.8 Å². The van der Waals surface area contributed by atoms with Crippen LogP contribution in [0, 0.1) is 0 Å². The lowest BCUT2D eigenvalue weighted by molar-refractivity contribution is 0.412. The quantitative estimate of drug-likeness (QED) is 0.855. The van der Waals surface area contributed by atoms with Gasteiger partial charge < -0.3 is 10.5 Å². The summed E-state index contributed by atoms with van der Waals surface area (Å²) in [6, 6.07) is 11.5. The lowest BCUT2D eigenvalue weighted by Gasteiger charge is -2.08. The van der Waals surface area contributed by atoms with E-state index in [1.807, 2.05) is 0 Å². The molecule has 0 spiro atoms. The van der Waals surface area contributed by atoms with Crippen molar-refractivity contribution in [2.24, 2.45) is 0 Å². The molecule has 2 aromatic carbocycles. The molecule has 0 aliphatic rings. The van der Waals surface area contributed by atoms with E-state index in [9.17, 15) is 8.42 Å². The van der Waals surface area contributed by atoms with Crippen LogP contribution in [0.3, 0.4) is 0 Å². The Labute approximate surface area is 126 Å². The van der Waals surface area contributed by atoms with Gasteiger partial charge in [0.2, 0.25) is 0 Å². The highest BCUT2D eigenvalue weighted by Gasteiger charge is 2.16. The number of hydrogen-bond acceptors (Lipinski definition) is 4. The number of ether oxygens (including phenoxy) is 1. The minimum absolute atomic E-state index is 0.0843. The molecule has 2 rings (SSSR count). The first kappa shape index (κ1) is 14.9. The van der Waals surface area contributed by atoms with Gasteiger partial charge in [-0.1, -0.05) is 12.1 Å². The number of rotatable bonds is 4. The van der Waals surface area contributed by atoms with Crippen molar-refractivity contribution in [3.05, 3.63) is 52.5 Å². The predicted octanol–water partition coefficient (Wildman–Crippen LogP) is 3.01. The maximum absolute atomic E-state index is 12.3. The maximum Gasteiger partial charge on any atom is 0.182 e. The predicted molar refractivity (Wildman–Crippen MR) is 82.4 cm³/mol. The normalized spacial score (nSPS) is 11.3. The van der Waals surface area contributed by atoms with Gasteiger partial charge >= 0.3 is 0 Å². The minimum atomic E-state index is -3.41. The van der Waals surface area contributed by atoms with Gasteiger partial charge in [-0.05, 0) is 51.8 Å². The van der Waals surface area contributed by atoms with Crippen molar-refractivity contribution in [3.8, 4) is 5.75 Å². The summed E-state index contributed by atoms with van der Waals surface area (Å²) in [4.78, 5) is 0.226. The van der Waals surface area contributed by atoms with Crippen molar-refractivity contribution in [2.45, 2.75) is 10.6 Å². The van der Waals surface area contributed by atoms with Crippen LogP contribution in [0.1, 0.15) is 5.56 Å². The fourth-order valence-corrected chi connectivity index (χ4v) is 3.79. The second kappa shape index (κ2) is 5.85. The van der Waals surface area contributed by atoms with Crippen LogP contribution in [0.4, 0.5) is 5.69 Å². The lowest BCUT2D eigenvalue weighted by atomic mass is 10.2. The van der Waals surface area contributed by atoms with E-state index in [0.717, 1.165) is 4.47 Å². The van der Waals surface area contributed by atoms with E-state index < -0.39 is 9.84 Å². The zero-order valence-corrected chi connectivity index (χ0v) is 13.2. The summed E-state index contributed by atoms with van der Waals surface area (Å²) >= 11 is 3.34. The number of anilines is 1. The summed E-state index contributed by atoms with van der Waals surface area (Å²) in [5.41, 5.74) is 6.74. The number of sulfone groups is 1. The summed E-state index contributed by atoms with van der Waals surface area (Å²) in [6.07, 6.45) is 0. The lowest BCUT2D eigenvalue weighted by Crippen LogP contribution is -2.05. The molecule has 106 valence electrons. The van der Waals surface area contributed by atoms with Crippen LogP contribution >= 0.6 is 15.9 Å². The van der Waals surface area contributed by atoms with Crippen LogP contribution in [-0.2, 0) is 15.6 Å². The van der Waals surface area contributed by atoms with Crippen LogP contribution in [0.2, 0.25) is 0 Å². The van der Waals surface area contributed by atoms with Gasteiger partial charge in [0.25, 0.3) is 0 Å².